The second kappa shape index (κ2) is 15.6. The van der Waals surface area contributed by atoms with E-state index in [0.29, 0.717) is 24.8 Å². The summed E-state index contributed by atoms with van der Waals surface area (Å²) in [6, 6.07) is 24.6. The van der Waals surface area contributed by atoms with Crippen LogP contribution in [0.2, 0.25) is 5.02 Å². The Balaban J connectivity index is 0.986. The van der Waals surface area contributed by atoms with Gasteiger partial charge in [-0.15, -0.1) is 0 Å². The highest BCUT2D eigenvalue weighted by molar-refractivity contribution is 6.31. The van der Waals surface area contributed by atoms with Crippen LogP contribution in [0, 0.1) is 12.8 Å². The Morgan fingerprint density at radius 1 is 0.880 bits per heavy atom. The molecule has 10 nitrogen and oxygen atoms in total. The normalized spacial score (nSPS) is 15.9. The highest BCUT2D eigenvalue weighted by Gasteiger charge is 2.32. The van der Waals surface area contributed by atoms with E-state index in [0.717, 1.165) is 60.9 Å². The topological polar surface area (TPSA) is 82.6 Å². The van der Waals surface area contributed by atoms with Crippen LogP contribution in [0.5, 0.6) is 5.75 Å². The highest BCUT2D eigenvalue weighted by Crippen LogP contribution is 2.34. The summed E-state index contributed by atoms with van der Waals surface area (Å²) in [5.41, 5.74) is 4.46. The van der Waals surface area contributed by atoms with Crippen molar-refractivity contribution in [3.63, 3.8) is 0 Å². The summed E-state index contributed by atoms with van der Waals surface area (Å²) in [6.45, 7) is 15.5. The Kier molecular flexibility index (Phi) is 11.0. The lowest BCUT2D eigenvalue weighted by atomic mass is 9.94. The van der Waals surface area contributed by atoms with Crippen LogP contribution in [0.1, 0.15) is 51.3 Å². The second-order valence-electron chi connectivity index (χ2n) is 13.6. The molecule has 3 aromatic carbocycles. The molecule has 5 aromatic rings. The highest BCUT2D eigenvalue weighted by atomic mass is 35.5. The SMILES string of the molecule is CCC(C)n1ncn(-c2ccc(N3CCN(c4ccc(OCC(C)COC(C)(Cn5cccn5)c5ccc(C)cc5Cl)cc4)CC3)cc2)c1=O. The van der Waals surface area contributed by atoms with Crippen molar-refractivity contribution in [2.75, 3.05) is 49.2 Å². The molecule has 1 saturated heterocycles. The minimum absolute atomic E-state index is 0.0732. The molecule has 1 aliphatic heterocycles. The van der Waals surface area contributed by atoms with E-state index in [-0.39, 0.29) is 17.6 Å². The van der Waals surface area contributed by atoms with E-state index in [9.17, 15) is 4.79 Å². The van der Waals surface area contributed by atoms with Crippen molar-refractivity contribution >= 4 is 23.0 Å². The average Bonchev–Trinajstić information content (AvgIpc) is 3.79. The van der Waals surface area contributed by atoms with E-state index in [2.05, 4.69) is 77.2 Å². The maximum absolute atomic E-state index is 12.8. The number of aromatic nitrogens is 5. The van der Waals surface area contributed by atoms with Crippen molar-refractivity contribution in [1.29, 1.82) is 0 Å². The third kappa shape index (κ3) is 8.08. The molecule has 264 valence electrons. The molecule has 1 aliphatic rings. The van der Waals surface area contributed by atoms with Gasteiger partial charge in [0, 0.05) is 66.5 Å². The zero-order valence-corrected chi connectivity index (χ0v) is 30.5. The van der Waals surface area contributed by atoms with Crippen LogP contribution in [0.3, 0.4) is 0 Å². The minimum atomic E-state index is -0.654. The van der Waals surface area contributed by atoms with Gasteiger partial charge < -0.3 is 19.3 Å². The first-order valence-electron chi connectivity index (χ1n) is 17.5. The number of hydrogen-bond acceptors (Lipinski definition) is 7. The first-order valence-corrected chi connectivity index (χ1v) is 17.9. The number of hydrogen-bond donors (Lipinski definition) is 0. The molecule has 0 N–H and O–H groups in total. The first kappa shape index (κ1) is 35.3. The minimum Gasteiger partial charge on any atom is -0.493 e. The van der Waals surface area contributed by atoms with Gasteiger partial charge in [0.1, 0.15) is 17.7 Å². The number of rotatable bonds is 14. The van der Waals surface area contributed by atoms with E-state index < -0.39 is 5.60 Å². The van der Waals surface area contributed by atoms with Crippen LogP contribution in [-0.4, -0.2) is 63.5 Å². The summed E-state index contributed by atoms with van der Waals surface area (Å²) in [7, 11) is 0. The first-order chi connectivity index (χ1) is 24.1. The summed E-state index contributed by atoms with van der Waals surface area (Å²) in [6.07, 6.45) is 6.18. The van der Waals surface area contributed by atoms with Gasteiger partial charge in [-0.2, -0.15) is 10.2 Å². The smallest absolute Gasteiger partial charge is 0.350 e. The van der Waals surface area contributed by atoms with E-state index in [1.54, 1.807) is 21.8 Å². The largest absolute Gasteiger partial charge is 0.493 e. The molecule has 0 aliphatic carbocycles. The van der Waals surface area contributed by atoms with Crippen molar-refractivity contribution in [2.45, 2.75) is 59.2 Å². The van der Waals surface area contributed by atoms with E-state index in [4.69, 9.17) is 21.1 Å². The summed E-state index contributed by atoms with van der Waals surface area (Å²) < 4.78 is 17.8. The fourth-order valence-corrected chi connectivity index (χ4v) is 6.78. The standard InChI is InChI=1S/C39H48ClN7O3/c1-6-31(4)47-38(48)46(28-42-47)34-11-9-32(10-12-34)43-20-22-44(23-21-43)33-13-15-35(16-14-33)49-25-30(3)26-50-39(5,27-45-19-7-18-41-45)36-17-8-29(2)24-37(36)40/h7-19,24,28,30-31H,6,20-23,25-27H2,1-5H3. The van der Waals surface area contributed by atoms with Crippen molar-refractivity contribution in [3.8, 4) is 11.4 Å². The molecule has 11 heteroatoms. The summed E-state index contributed by atoms with van der Waals surface area (Å²) >= 11 is 6.70. The molecule has 2 aromatic heterocycles. The van der Waals surface area contributed by atoms with Gasteiger partial charge in [-0.25, -0.2) is 14.0 Å². The van der Waals surface area contributed by atoms with Crippen LogP contribution < -0.4 is 20.2 Å². The lowest BCUT2D eigenvalue weighted by Gasteiger charge is -2.37. The molecule has 6 rings (SSSR count). The van der Waals surface area contributed by atoms with Crippen LogP contribution in [0.25, 0.3) is 5.69 Å². The van der Waals surface area contributed by atoms with Crippen LogP contribution in [0.15, 0.2) is 96.3 Å². The zero-order valence-electron chi connectivity index (χ0n) is 29.7. The van der Waals surface area contributed by atoms with Gasteiger partial charge in [-0.05, 0) is 93.4 Å². The molecule has 3 unspecified atom stereocenters. The molecule has 0 saturated carbocycles. The summed E-state index contributed by atoms with van der Waals surface area (Å²) in [5.74, 6) is 0.996. The summed E-state index contributed by atoms with van der Waals surface area (Å²) in [5, 5.41) is 9.41. The van der Waals surface area contributed by atoms with Gasteiger partial charge in [0.05, 0.1) is 31.5 Å². The van der Waals surface area contributed by atoms with Gasteiger partial charge in [0.25, 0.3) is 0 Å². The van der Waals surface area contributed by atoms with Crippen LogP contribution >= 0.6 is 11.6 Å². The Hall–Kier alpha value is -4.54. The quantitative estimate of drug-likeness (QED) is 0.122. The number of ether oxygens (including phenoxy) is 2. The molecule has 0 spiro atoms. The third-order valence-corrected chi connectivity index (χ3v) is 9.93. The Labute approximate surface area is 299 Å². The Morgan fingerprint density at radius 2 is 1.52 bits per heavy atom. The Bertz CT molecular complexity index is 1880. The monoisotopic (exact) mass is 697 g/mol. The fourth-order valence-electron chi connectivity index (χ4n) is 6.34. The number of nitrogens with zero attached hydrogens (tertiary/aromatic N) is 7. The molecule has 3 atom stereocenters. The van der Waals surface area contributed by atoms with Gasteiger partial charge in [0.15, 0.2) is 0 Å². The zero-order chi connectivity index (χ0) is 35.3. The number of halogens is 1. The van der Waals surface area contributed by atoms with Crippen molar-refractivity contribution < 1.29 is 9.47 Å². The predicted octanol–water partition coefficient (Wildman–Crippen LogP) is 7.14. The third-order valence-electron chi connectivity index (χ3n) is 9.61. The van der Waals surface area contributed by atoms with Crippen molar-refractivity contribution in [3.05, 3.63) is 118 Å². The van der Waals surface area contributed by atoms with Gasteiger partial charge in [0.2, 0.25) is 0 Å². The average molecular weight is 698 g/mol. The fraction of sp³-hybridized carbons (Fsp3) is 0.410. The number of anilines is 2. The molecule has 0 amide bonds. The molecule has 3 heterocycles. The lowest BCUT2D eigenvalue weighted by Crippen LogP contribution is -2.46. The molecule has 1 fully saturated rings. The lowest BCUT2D eigenvalue weighted by molar-refractivity contribution is -0.0684. The Morgan fingerprint density at radius 3 is 2.12 bits per heavy atom. The molecule has 0 radical (unpaired) electrons. The van der Waals surface area contributed by atoms with E-state index >= 15 is 0 Å². The number of piperazine rings is 1. The van der Waals surface area contributed by atoms with Crippen LogP contribution in [0.4, 0.5) is 11.4 Å². The van der Waals surface area contributed by atoms with Crippen molar-refractivity contribution in [2.24, 2.45) is 5.92 Å². The van der Waals surface area contributed by atoms with Crippen LogP contribution in [-0.2, 0) is 16.9 Å². The van der Waals surface area contributed by atoms with Gasteiger partial charge >= 0.3 is 5.69 Å². The number of benzene rings is 3. The van der Waals surface area contributed by atoms with Gasteiger partial charge in [-0.3, -0.25) is 4.68 Å². The summed E-state index contributed by atoms with van der Waals surface area (Å²) in [4.78, 5) is 17.6. The van der Waals surface area contributed by atoms with Crippen molar-refractivity contribution in [1.82, 2.24) is 24.1 Å². The maximum atomic E-state index is 12.8. The van der Waals surface area contributed by atoms with E-state index in [1.165, 1.54) is 5.69 Å². The maximum Gasteiger partial charge on any atom is 0.350 e. The molecule has 0 bridgehead atoms. The molecular formula is C39H48ClN7O3. The second-order valence-corrected chi connectivity index (χ2v) is 14.0. The predicted molar refractivity (Wildman–Crippen MR) is 200 cm³/mol. The molecular weight excluding hydrogens is 650 g/mol. The van der Waals surface area contributed by atoms with Gasteiger partial charge in [-0.1, -0.05) is 37.6 Å². The molecule has 50 heavy (non-hydrogen) atoms. The number of aryl methyl sites for hydroxylation is 1. The van der Waals surface area contributed by atoms with E-state index in [1.807, 2.05) is 61.1 Å².